The number of aliphatic imine (C=N–C) groups is 1. The summed E-state index contributed by atoms with van der Waals surface area (Å²) >= 11 is 0. The third-order valence-electron chi connectivity index (χ3n) is 3.84. The lowest BCUT2D eigenvalue weighted by atomic mass is 10.1. The van der Waals surface area contributed by atoms with Crippen molar-refractivity contribution in [3.05, 3.63) is 29.8 Å². The highest BCUT2D eigenvalue weighted by molar-refractivity contribution is 14.0. The Bertz CT molecular complexity index is 635. The van der Waals surface area contributed by atoms with E-state index in [2.05, 4.69) is 25.7 Å². The van der Waals surface area contributed by atoms with Crippen molar-refractivity contribution in [2.24, 2.45) is 10.9 Å². The number of guanidine groups is 1. The zero-order chi connectivity index (χ0) is 19.7. The van der Waals surface area contributed by atoms with Crippen molar-refractivity contribution in [1.82, 2.24) is 16.0 Å². The number of carbonyl (C=O) groups is 1. The third kappa shape index (κ3) is 10.00. The summed E-state index contributed by atoms with van der Waals surface area (Å²) < 4.78 is 40.3. The highest BCUT2D eigenvalue weighted by Gasteiger charge is 2.31. The van der Waals surface area contributed by atoms with E-state index in [4.69, 9.17) is 0 Å². The second-order valence-corrected chi connectivity index (χ2v) is 6.19. The molecule has 0 radical (unpaired) electrons. The van der Waals surface area contributed by atoms with E-state index in [0.717, 1.165) is 18.4 Å². The van der Waals surface area contributed by atoms with E-state index in [0.29, 0.717) is 38.6 Å². The summed E-state index contributed by atoms with van der Waals surface area (Å²) in [5.41, 5.74) is 0.862. The SMILES string of the molecule is CCNC(=NCCc1ccc(OC(F)(F)F)cc1)NCCNC(=O)C1CC1.I. The molecule has 6 nitrogen and oxygen atoms in total. The first-order valence-corrected chi connectivity index (χ1v) is 9.02. The maximum Gasteiger partial charge on any atom is 0.573 e. The second kappa shape index (κ2) is 12.0. The number of hydrogen-bond acceptors (Lipinski definition) is 3. The number of carbonyl (C=O) groups excluding carboxylic acids is 1. The Morgan fingerprint density at radius 3 is 2.36 bits per heavy atom. The molecule has 0 atom stereocenters. The van der Waals surface area contributed by atoms with E-state index in [9.17, 15) is 18.0 Å². The molecule has 0 heterocycles. The lowest BCUT2D eigenvalue weighted by Crippen LogP contribution is -2.41. The molecule has 0 aromatic heterocycles. The van der Waals surface area contributed by atoms with Crippen molar-refractivity contribution in [2.45, 2.75) is 32.5 Å². The second-order valence-electron chi connectivity index (χ2n) is 6.19. The Balaban J connectivity index is 0.00000392. The molecule has 10 heteroatoms. The number of rotatable bonds is 9. The third-order valence-corrected chi connectivity index (χ3v) is 3.84. The first kappa shape index (κ1) is 24.3. The molecule has 0 bridgehead atoms. The number of nitrogens with one attached hydrogen (secondary N) is 3. The van der Waals surface area contributed by atoms with Gasteiger partial charge in [-0.25, -0.2) is 0 Å². The molecule has 0 unspecified atom stereocenters. The molecule has 28 heavy (non-hydrogen) atoms. The van der Waals surface area contributed by atoms with E-state index in [1.54, 1.807) is 12.1 Å². The van der Waals surface area contributed by atoms with Gasteiger partial charge in [-0.1, -0.05) is 12.1 Å². The van der Waals surface area contributed by atoms with Crippen molar-refractivity contribution in [2.75, 3.05) is 26.2 Å². The predicted octanol–water partition coefficient (Wildman–Crippen LogP) is 2.83. The van der Waals surface area contributed by atoms with E-state index >= 15 is 0 Å². The fourth-order valence-corrected chi connectivity index (χ4v) is 2.35. The molecule has 0 spiro atoms. The van der Waals surface area contributed by atoms with Crippen LogP contribution >= 0.6 is 24.0 Å². The van der Waals surface area contributed by atoms with E-state index in [1.807, 2.05) is 6.92 Å². The number of halogens is 4. The molecule has 158 valence electrons. The molecular formula is C18H26F3IN4O2. The van der Waals surface area contributed by atoms with E-state index in [1.165, 1.54) is 12.1 Å². The van der Waals surface area contributed by atoms with Crippen LogP contribution in [0, 0.1) is 5.92 Å². The van der Waals surface area contributed by atoms with Crippen molar-refractivity contribution in [3.63, 3.8) is 0 Å². The van der Waals surface area contributed by atoms with Crippen LogP contribution in [-0.2, 0) is 11.2 Å². The largest absolute Gasteiger partial charge is 0.573 e. The molecule has 0 saturated heterocycles. The summed E-state index contributed by atoms with van der Waals surface area (Å²) in [4.78, 5) is 16.0. The molecule has 1 aromatic carbocycles. The number of ether oxygens (including phenoxy) is 1. The molecule has 2 rings (SSSR count). The smallest absolute Gasteiger partial charge is 0.406 e. The van der Waals surface area contributed by atoms with Gasteiger partial charge in [0.1, 0.15) is 5.75 Å². The Labute approximate surface area is 179 Å². The van der Waals surface area contributed by atoms with Crippen LogP contribution in [0.25, 0.3) is 0 Å². The Morgan fingerprint density at radius 1 is 1.14 bits per heavy atom. The maximum atomic E-state index is 12.1. The van der Waals surface area contributed by atoms with Gasteiger partial charge in [-0.15, -0.1) is 37.1 Å². The summed E-state index contributed by atoms with van der Waals surface area (Å²) in [5, 5.41) is 9.11. The maximum absolute atomic E-state index is 12.1. The van der Waals surface area contributed by atoms with Gasteiger partial charge in [-0.3, -0.25) is 9.79 Å². The van der Waals surface area contributed by atoms with E-state index in [-0.39, 0.29) is 41.6 Å². The van der Waals surface area contributed by atoms with Crippen LogP contribution in [0.15, 0.2) is 29.3 Å². The lowest BCUT2D eigenvalue weighted by molar-refractivity contribution is -0.274. The number of hydrogen-bond donors (Lipinski definition) is 3. The van der Waals surface area contributed by atoms with Crippen LogP contribution in [0.2, 0.25) is 0 Å². The van der Waals surface area contributed by atoms with Gasteiger partial charge in [0, 0.05) is 32.1 Å². The minimum absolute atomic E-state index is 0. The van der Waals surface area contributed by atoms with Crippen LogP contribution < -0.4 is 20.7 Å². The van der Waals surface area contributed by atoms with Crippen LogP contribution in [0.1, 0.15) is 25.3 Å². The predicted molar refractivity (Wildman–Crippen MR) is 112 cm³/mol. The van der Waals surface area contributed by atoms with Gasteiger partial charge >= 0.3 is 6.36 Å². The van der Waals surface area contributed by atoms with Crippen LogP contribution in [0.5, 0.6) is 5.75 Å². The van der Waals surface area contributed by atoms with E-state index < -0.39 is 6.36 Å². The van der Waals surface area contributed by atoms with Crippen molar-refractivity contribution in [1.29, 1.82) is 0 Å². The molecular weight excluding hydrogens is 488 g/mol. The first-order valence-electron chi connectivity index (χ1n) is 9.02. The normalized spacial score (nSPS) is 14.1. The minimum Gasteiger partial charge on any atom is -0.406 e. The first-order chi connectivity index (χ1) is 12.9. The number of nitrogens with zero attached hydrogens (tertiary/aromatic N) is 1. The molecule has 1 saturated carbocycles. The highest BCUT2D eigenvalue weighted by Crippen LogP contribution is 2.28. The summed E-state index contributed by atoms with van der Waals surface area (Å²) in [6, 6.07) is 5.76. The van der Waals surface area contributed by atoms with Gasteiger partial charge in [0.05, 0.1) is 0 Å². The topological polar surface area (TPSA) is 74.8 Å². The standard InChI is InChI=1S/C18H25F3N4O2.HI/c1-2-22-17(25-12-11-23-16(26)14-5-6-14)24-10-9-13-3-7-15(8-4-13)27-18(19,20)21;/h3-4,7-8,14H,2,5-6,9-12H2,1H3,(H,23,26)(H2,22,24,25);1H. The van der Waals surface area contributed by atoms with Crippen LogP contribution in [0.4, 0.5) is 13.2 Å². The molecule has 1 fully saturated rings. The average molecular weight is 514 g/mol. The van der Waals surface area contributed by atoms with Gasteiger partial charge in [-0.05, 0) is 43.9 Å². The zero-order valence-electron chi connectivity index (χ0n) is 15.6. The molecule has 1 aliphatic carbocycles. The fourth-order valence-electron chi connectivity index (χ4n) is 2.35. The lowest BCUT2D eigenvalue weighted by Gasteiger charge is -2.12. The number of benzene rings is 1. The highest BCUT2D eigenvalue weighted by atomic mass is 127. The molecule has 0 aliphatic heterocycles. The fraction of sp³-hybridized carbons (Fsp3) is 0.556. The van der Waals surface area contributed by atoms with Crippen molar-refractivity contribution in [3.8, 4) is 5.75 Å². The molecule has 1 aliphatic rings. The van der Waals surface area contributed by atoms with Crippen LogP contribution in [-0.4, -0.2) is 44.4 Å². The summed E-state index contributed by atoms with van der Waals surface area (Å²) in [7, 11) is 0. The minimum atomic E-state index is -4.68. The Hall–Kier alpha value is -1.72. The number of alkyl halides is 3. The average Bonchev–Trinajstić information content (AvgIpc) is 3.44. The summed E-state index contributed by atoms with van der Waals surface area (Å²) in [6.07, 6.45) is -2.14. The molecule has 3 N–H and O–H groups in total. The van der Waals surface area contributed by atoms with Gasteiger partial charge in [0.2, 0.25) is 5.91 Å². The molecule has 1 amide bonds. The summed E-state index contributed by atoms with van der Waals surface area (Å²) in [5.74, 6) is 0.699. The Kier molecular flexibility index (Phi) is 10.4. The monoisotopic (exact) mass is 514 g/mol. The van der Waals surface area contributed by atoms with Gasteiger partial charge in [0.15, 0.2) is 5.96 Å². The van der Waals surface area contributed by atoms with Gasteiger partial charge in [0.25, 0.3) is 0 Å². The number of amides is 1. The zero-order valence-corrected chi connectivity index (χ0v) is 18.0. The summed E-state index contributed by atoms with van der Waals surface area (Å²) in [6.45, 7) is 4.21. The van der Waals surface area contributed by atoms with Crippen molar-refractivity contribution < 1.29 is 22.7 Å². The van der Waals surface area contributed by atoms with Gasteiger partial charge in [-0.2, -0.15) is 0 Å². The Morgan fingerprint density at radius 2 is 1.79 bits per heavy atom. The molecule has 1 aromatic rings. The van der Waals surface area contributed by atoms with Gasteiger partial charge < -0.3 is 20.7 Å². The quantitative estimate of drug-likeness (QED) is 0.205. The van der Waals surface area contributed by atoms with Crippen LogP contribution in [0.3, 0.4) is 0 Å². The van der Waals surface area contributed by atoms with Crippen molar-refractivity contribution >= 4 is 35.8 Å².